The molecule has 0 aliphatic rings. The third kappa shape index (κ3) is 4.53. The molecule has 3 N–H and O–H groups in total. The molecule has 0 fully saturated rings. The second-order valence-electron chi connectivity index (χ2n) is 6.01. The van der Waals surface area contributed by atoms with E-state index < -0.39 is 11.6 Å². The van der Waals surface area contributed by atoms with E-state index in [-0.39, 0.29) is 12.6 Å². The number of rotatable bonds is 7. The minimum Gasteiger partial charge on any atom is -0.329 e. The second kappa shape index (κ2) is 7.70. The van der Waals surface area contributed by atoms with Gasteiger partial charge >= 0.3 is 0 Å². The second-order valence-corrected chi connectivity index (χ2v) is 6.01. The molecule has 1 aromatic carbocycles. The maximum absolute atomic E-state index is 13.8. The summed E-state index contributed by atoms with van der Waals surface area (Å²) in [5.41, 5.74) is 6.01. The molecule has 0 saturated heterocycles. The van der Waals surface area contributed by atoms with Gasteiger partial charge in [-0.05, 0) is 42.5 Å². The average Bonchev–Trinajstić information content (AvgIpc) is 2.37. The van der Waals surface area contributed by atoms with Crippen LogP contribution in [0.3, 0.4) is 0 Å². The summed E-state index contributed by atoms with van der Waals surface area (Å²) in [5, 5.41) is 3.28. The zero-order valence-corrected chi connectivity index (χ0v) is 12.8. The van der Waals surface area contributed by atoms with Gasteiger partial charge in [0.25, 0.3) is 0 Å². The van der Waals surface area contributed by atoms with Crippen LogP contribution in [0.25, 0.3) is 0 Å². The Hall–Kier alpha value is -1.00. The van der Waals surface area contributed by atoms with E-state index in [4.69, 9.17) is 5.73 Å². The largest absolute Gasteiger partial charge is 0.329 e. The summed E-state index contributed by atoms with van der Waals surface area (Å²) in [4.78, 5) is 0. The van der Waals surface area contributed by atoms with Crippen LogP contribution in [0, 0.1) is 29.4 Å². The van der Waals surface area contributed by atoms with Gasteiger partial charge in [-0.15, -0.1) is 0 Å². The van der Waals surface area contributed by atoms with E-state index in [1.165, 1.54) is 6.07 Å². The quantitative estimate of drug-likeness (QED) is 0.804. The molecule has 1 unspecified atom stereocenters. The van der Waals surface area contributed by atoms with Crippen molar-refractivity contribution in [3.05, 3.63) is 35.4 Å². The van der Waals surface area contributed by atoms with Crippen molar-refractivity contribution in [2.75, 3.05) is 13.1 Å². The lowest BCUT2D eigenvalue weighted by Gasteiger charge is -2.28. The molecule has 0 saturated carbocycles. The van der Waals surface area contributed by atoms with Crippen LogP contribution in [-0.2, 0) is 0 Å². The first kappa shape index (κ1) is 17.1. The molecule has 114 valence electrons. The highest BCUT2D eigenvalue weighted by Crippen LogP contribution is 2.22. The standard InChI is InChI=1S/C16H26F2N2/c1-10(2)14(11(3)4)9-20-16(8-19)13-7-12(17)5-6-15(13)18/h5-7,10-11,14,16,20H,8-9,19H2,1-4H3. The van der Waals surface area contributed by atoms with Crippen molar-refractivity contribution in [2.24, 2.45) is 23.5 Å². The van der Waals surface area contributed by atoms with Crippen molar-refractivity contribution in [1.82, 2.24) is 5.32 Å². The summed E-state index contributed by atoms with van der Waals surface area (Å²) in [7, 11) is 0. The molecule has 20 heavy (non-hydrogen) atoms. The molecular formula is C16H26F2N2. The Morgan fingerprint density at radius 3 is 2.20 bits per heavy atom. The van der Waals surface area contributed by atoms with E-state index in [9.17, 15) is 8.78 Å². The van der Waals surface area contributed by atoms with Crippen LogP contribution in [0.4, 0.5) is 8.78 Å². The Balaban J connectivity index is 2.79. The van der Waals surface area contributed by atoms with Crippen molar-refractivity contribution in [1.29, 1.82) is 0 Å². The average molecular weight is 284 g/mol. The van der Waals surface area contributed by atoms with Crippen LogP contribution in [-0.4, -0.2) is 13.1 Å². The number of nitrogens with two attached hydrogens (primary N) is 1. The zero-order valence-electron chi connectivity index (χ0n) is 12.8. The van der Waals surface area contributed by atoms with Crippen molar-refractivity contribution >= 4 is 0 Å². The molecule has 0 spiro atoms. The Kier molecular flexibility index (Phi) is 6.56. The molecule has 0 radical (unpaired) electrons. The smallest absolute Gasteiger partial charge is 0.128 e. The third-order valence-corrected chi connectivity index (χ3v) is 3.88. The van der Waals surface area contributed by atoms with Gasteiger partial charge in [-0.25, -0.2) is 8.78 Å². The molecule has 0 amide bonds. The van der Waals surface area contributed by atoms with E-state index >= 15 is 0 Å². The van der Waals surface area contributed by atoms with Gasteiger partial charge in [-0.2, -0.15) is 0 Å². The Morgan fingerprint density at radius 1 is 1.10 bits per heavy atom. The van der Waals surface area contributed by atoms with Crippen LogP contribution in [0.1, 0.15) is 39.3 Å². The fourth-order valence-electron chi connectivity index (χ4n) is 2.62. The third-order valence-electron chi connectivity index (χ3n) is 3.88. The van der Waals surface area contributed by atoms with Gasteiger partial charge in [0, 0.05) is 18.2 Å². The van der Waals surface area contributed by atoms with Crippen molar-refractivity contribution in [3.8, 4) is 0 Å². The number of hydrogen-bond donors (Lipinski definition) is 2. The van der Waals surface area contributed by atoms with Gasteiger partial charge in [0.15, 0.2) is 0 Å². The number of hydrogen-bond acceptors (Lipinski definition) is 2. The van der Waals surface area contributed by atoms with Crippen LogP contribution in [0.15, 0.2) is 18.2 Å². The van der Waals surface area contributed by atoms with Gasteiger partial charge in [0.2, 0.25) is 0 Å². The maximum Gasteiger partial charge on any atom is 0.128 e. The van der Waals surface area contributed by atoms with Gasteiger partial charge < -0.3 is 11.1 Å². The summed E-state index contributed by atoms with van der Waals surface area (Å²) in [6, 6.07) is 3.14. The topological polar surface area (TPSA) is 38.0 Å². The van der Waals surface area contributed by atoms with Crippen molar-refractivity contribution in [3.63, 3.8) is 0 Å². The van der Waals surface area contributed by atoms with Crippen LogP contribution >= 0.6 is 0 Å². The molecule has 0 aliphatic carbocycles. The maximum atomic E-state index is 13.8. The summed E-state index contributed by atoms with van der Waals surface area (Å²) in [6.07, 6.45) is 0. The summed E-state index contributed by atoms with van der Waals surface area (Å²) in [6.45, 7) is 9.68. The molecule has 1 rings (SSSR count). The summed E-state index contributed by atoms with van der Waals surface area (Å²) in [5.74, 6) is 0.670. The first-order valence-corrected chi connectivity index (χ1v) is 7.25. The van der Waals surface area contributed by atoms with Gasteiger partial charge in [0.1, 0.15) is 11.6 Å². The van der Waals surface area contributed by atoms with E-state index in [1.54, 1.807) is 0 Å². The van der Waals surface area contributed by atoms with E-state index in [2.05, 4.69) is 33.0 Å². The molecule has 0 aromatic heterocycles. The number of halogens is 2. The predicted octanol–water partition coefficient (Wildman–Crippen LogP) is 3.48. The molecule has 4 heteroatoms. The number of benzene rings is 1. The monoisotopic (exact) mass is 284 g/mol. The SMILES string of the molecule is CC(C)C(CNC(CN)c1cc(F)ccc1F)C(C)C. The number of nitrogens with one attached hydrogen (secondary N) is 1. The van der Waals surface area contributed by atoms with Gasteiger partial charge in [0.05, 0.1) is 0 Å². The summed E-state index contributed by atoms with van der Waals surface area (Å²) >= 11 is 0. The highest BCUT2D eigenvalue weighted by molar-refractivity contribution is 5.22. The highest BCUT2D eigenvalue weighted by atomic mass is 19.1. The van der Waals surface area contributed by atoms with Gasteiger partial charge in [-0.1, -0.05) is 27.7 Å². The molecular weight excluding hydrogens is 258 g/mol. The molecule has 0 bridgehead atoms. The fraction of sp³-hybridized carbons (Fsp3) is 0.625. The fourth-order valence-corrected chi connectivity index (χ4v) is 2.62. The Bertz CT molecular complexity index is 411. The zero-order chi connectivity index (χ0) is 15.3. The molecule has 2 nitrogen and oxygen atoms in total. The first-order chi connectivity index (χ1) is 9.36. The van der Waals surface area contributed by atoms with E-state index in [1.807, 2.05) is 0 Å². The Labute approximate surface area is 120 Å². The highest BCUT2D eigenvalue weighted by Gasteiger charge is 2.21. The van der Waals surface area contributed by atoms with Crippen molar-refractivity contribution < 1.29 is 8.78 Å². The lowest BCUT2D eigenvalue weighted by molar-refractivity contribution is 0.265. The van der Waals surface area contributed by atoms with E-state index in [0.29, 0.717) is 23.3 Å². The lowest BCUT2D eigenvalue weighted by atomic mass is 9.85. The Morgan fingerprint density at radius 2 is 1.70 bits per heavy atom. The first-order valence-electron chi connectivity index (χ1n) is 7.25. The molecule has 1 aromatic rings. The molecule has 1 atom stereocenters. The van der Waals surface area contributed by atoms with Crippen LogP contribution < -0.4 is 11.1 Å². The predicted molar refractivity (Wildman–Crippen MR) is 79.3 cm³/mol. The van der Waals surface area contributed by atoms with Gasteiger partial charge in [-0.3, -0.25) is 0 Å². The van der Waals surface area contributed by atoms with Crippen LogP contribution in [0.5, 0.6) is 0 Å². The minimum absolute atomic E-state index is 0.239. The van der Waals surface area contributed by atoms with E-state index in [0.717, 1.165) is 18.7 Å². The van der Waals surface area contributed by atoms with Crippen molar-refractivity contribution in [2.45, 2.75) is 33.7 Å². The molecule has 0 aliphatic heterocycles. The summed E-state index contributed by atoms with van der Waals surface area (Å²) < 4.78 is 27.0. The lowest BCUT2D eigenvalue weighted by Crippen LogP contribution is -2.36. The minimum atomic E-state index is -0.439. The van der Waals surface area contributed by atoms with Crippen LogP contribution in [0.2, 0.25) is 0 Å². The molecule has 0 heterocycles. The normalized spacial score (nSPS) is 13.5.